The second kappa shape index (κ2) is 9.62. The lowest BCUT2D eigenvalue weighted by Crippen LogP contribution is -2.42. The Morgan fingerprint density at radius 2 is 1.54 bits per heavy atom. The molecule has 0 heterocycles. The molecule has 7 nitrogen and oxygen atoms in total. The molecular formula is C28H28N2O5. The number of carboxylic acid groups (broad SMARTS) is 1. The second-order valence-corrected chi connectivity index (χ2v) is 9.37. The molecular weight excluding hydrogens is 444 g/mol. The zero-order valence-electron chi connectivity index (χ0n) is 19.9. The molecule has 7 heteroatoms. The number of aromatic carboxylic acids is 1. The fraction of sp³-hybridized carbons (Fsp3) is 0.250. The topological polar surface area (TPSA) is 105 Å². The number of fused-ring (bicyclic) bond motifs is 3. The molecule has 0 fully saturated rings. The van der Waals surface area contributed by atoms with E-state index in [9.17, 15) is 19.5 Å². The van der Waals surface area contributed by atoms with Crippen molar-refractivity contribution >= 4 is 23.7 Å². The van der Waals surface area contributed by atoms with Gasteiger partial charge in [0.05, 0.1) is 16.7 Å². The molecule has 35 heavy (non-hydrogen) atoms. The van der Waals surface area contributed by atoms with Crippen LogP contribution in [0, 0.1) is 12.3 Å². The molecule has 1 aliphatic rings. The van der Waals surface area contributed by atoms with Crippen molar-refractivity contribution in [2.24, 2.45) is 5.41 Å². The van der Waals surface area contributed by atoms with Crippen molar-refractivity contribution in [1.29, 1.82) is 0 Å². The Morgan fingerprint density at radius 3 is 2.14 bits per heavy atom. The molecule has 0 saturated heterocycles. The molecule has 0 atom stereocenters. The summed E-state index contributed by atoms with van der Waals surface area (Å²) in [5, 5.41) is 14.8. The second-order valence-electron chi connectivity index (χ2n) is 9.37. The van der Waals surface area contributed by atoms with Crippen LogP contribution in [0.2, 0.25) is 0 Å². The van der Waals surface area contributed by atoms with Crippen LogP contribution in [0.3, 0.4) is 0 Å². The van der Waals surface area contributed by atoms with E-state index in [2.05, 4.69) is 22.8 Å². The minimum Gasteiger partial charge on any atom is -0.478 e. The first-order valence-electron chi connectivity index (χ1n) is 11.4. The minimum absolute atomic E-state index is 0.0126. The van der Waals surface area contributed by atoms with Gasteiger partial charge in [-0.2, -0.15) is 0 Å². The molecule has 1 aliphatic carbocycles. The van der Waals surface area contributed by atoms with Gasteiger partial charge in [0.25, 0.3) is 0 Å². The van der Waals surface area contributed by atoms with Gasteiger partial charge in [0.1, 0.15) is 6.61 Å². The maximum absolute atomic E-state index is 12.9. The number of ether oxygens (including phenoxy) is 1. The number of hydrogen-bond donors (Lipinski definition) is 3. The van der Waals surface area contributed by atoms with Gasteiger partial charge in [-0.1, -0.05) is 60.2 Å². The third-order valence-corrected chi connectivity index (χ3v) is 6.29. The summed E-state index contributed by atoms with van der Waals surface area (Å²) in [5.74, 6) is -1.60. The monoisotopic (exact) mass is 472 g/mol. The van der Waals surface area contributed by atoms with Crippen molar-refractivity contribution < 1.29 is 24.2 Å². The number of carbonyl (C=O) groups excluding carboxylic acids is 2. The first-order chi connectivity index (χ1) is 16.7. The predicted molar refractivity (Wildman–Crippen MR) is 134 cm³/mol. The Labute approximate surface area is 204 Å². The van der Waals surface area contributed by atoms with Gasteiger partial charge in [0.15, 0.2) is 0 Å². The van der Waals surface area contributed by atoms with Crippen LogP contribution >= 0.6 is 0 Å². The number of rotatable bonds is 7. The zero-order valence-corrected chi connectivity index (χ0v) is 19.9. The van der Waals surface area contributed by atoms with Crippen molar-refractivity contribution in [2.75, 3.05) is 18.5 Å². The normalized spacial score (nSPS) is 12.4. The fourth-order valence-electron chi connectivity index (χ4n) is 4.26. The molecule has 0 radical (unpaired) electrons. The molecule has 4 rings (SSSR count). The maximum atomic E-state index is 12.9. The molecule has 180 valence electrons. The van der Waals surface area contributed by atoms with Crippen molar-refractivity contribution in [3.8, 4) is 11.1 Å². The van der Waals surface area contributed by atoms with Crippen molar-refractivity contribution in [3.63, 3.8) is 0 Å². The molecule has 0 spiro atoms. The zero-order chi connectivity index (χ0) is 25.2. The van der Waals surface area contributed by atoms with Gasteiger partial charge >= 0.3 is 12.1 Å². The molecule has 0 bridgehead atoms. The molecule has 3 N–H and O–H groups in total. The summed E-state index contributed by atoms with van der Waals surface area (Å²) in [6, 6.07) is 21.0. The Hall–Kier alpha value is -4.13. The number of amides is 2. The van der Waals surface area contributed by atoms with E-state index < -0.39 is 23.4 Å². The number of carboxylic acids is 1. The van der Waals surface area contributed by atoms with Crippen LogP contribution in [-0.2, 0) is 9.53 Å². The number of hydrogen-bond acceptors (Lipinski definition) is 4. The SMILES string of the molecule is Cc1ccc(NC(=O)C(C)(C)CNC(=O)OCC2c3ccccc3-c3ccccc32)c(C(=O)O)c1. The lowest BCUT2D eigenvalue weighted by molar-refractivity contribution is -0.123. The van der Waals surface area contributed by atoms with Crippen molar-refractivity contribution in [3.05, 3.63) is 89.0 Å². The number of aryl methyl sites for hydroxylation is 1. The highest BCUT2D eigenvalue weighted by Crippen LogP contribution is 2.44. The summed E-state index contributed by atoms with van der Waals surface area (Å²) in [4.78, 5) is 36.9. The molecule has 0 aromatic heterocycles. The molecule has 2 amide bonds. The standard InChI is InChI=1S/C28H28N2O5/c1-17-12-13-24(22(14-17)25(31)32)30-26(33)28(2,3)16-29-27(34)35-15-23-20-10-6-4-8-18(20)19-9-5-7-11-21(19)23/h4-14,23H,15-16H2,1-3H3,(H,29,34)(H,30,33)(H,31,32). The van der Waals surface area contributed by atoms with E-state index in [1.54, 1.807) is 32.9 Å². The van der Waals surface area contributed by atoms with Crippen LogP contribution in [0.15, 0.2) is 66.7 Å². The molecule has 3 aromatic rings. The first kappa shape index (κ1) is 24.0. The third-order valence-electron chi connectivity index (χ3n) is 6.29. The van der Waals surface area contributed by atoms with E-state index in [0.717, 1.165) is 27.8 Å². The number of benzene rings is 3. The maximum Gasteiger partial charge on any atom is 0.407 e. The van der Waals surface area contributed by atoms with Crippen LogP contribution in [0.5, 0.6) is 0 Å². The smallest absolute Gasteiger partial charge is 0.407 e. The van der Waals surface area contributed by atoms with Crippen LogP contribution in [0.1, 0.15) is 46.8 Å². The Kier molecular flexibility index (Phi) is 6.60. The van der Waals surface area contributed by atoms with Gasteiger partial charge in [0, 0.05) is 12.5 Å². The molecule has 3 aromatic carbocycles. The predicted octanol–water partition coefficient (Wildman–Crippen LogP) is 5.20. The molecule has 0 saturated carbocycles. The summed E-state index contributed by atoms with van der Waals surface area (Å²) in [6.45, 7) is 5.31. The van der Waals surface area contributed by atoms with Gasteiger partial charge in [0.2, 0.25) is 5.91 Å². The minimum atomic E-state index is -1.13. The molecule has 0 aliphatic heterocycles. The third kappa shape index (κ3) is 5.04. The largest absolute Gasteiger partial charge is 0.478 e. The average molecular weight is 473 g/mol. The van der Waals surface area contributed by atoms with Gasteiger partial charge in [-0.15, -0.1) is 0 Å². The Morgan fingerprint density at radius 1 is 0.943 bits per heavy atom. The summed E-state index contributed by atoms with van der Waals surface area (Å²) >= 11 is 0. The molecule has 0 unspecified atom stereocenters. The number of alkyl carbamates (subject to hydrolysis) is 1. The van der Waals surface area contributed by atoms with Gasteiger partial charge in [-0.25, -0.2) is 9.59 Å². The Balaban J connectivity index is 1.36. The highest BCUT2D eigenvalue weighted by Gasteiger charge is 2.31. The van der Waals surface area contributed by atoms with Gasteiger partial charge in [-0.05, 0) is 55.2 Å². The Bertz CT molecular complexity index is 1250. The van der Waals surface area contributed by atoms with E-state index in [1.807, 2.05) is 36.4 Å². The summed E-state index contributed by atoms with van der Waals surface area (Å²) in [5.41, 5.74) is 4.52. The lowest BCUT2D eigenvalue weighted by Gasteiger charge is -2.24. The van der Waals surface area contributed by atoms with Crippen LogP contribution < -0.4 is 10.6 Å². The highest BCUT2D eigenvalue weighted by molar-refractivity contribution is 6.02. The number of anilines is 1. The van der Waals surface area contributed by atoms with E-state index in [0.29, 0.717) is 0 Å². The average Bonchev–Trinajstić information content (AvgIpc) is 3.16. The van der Waals surface area contributed by atoms with E-state index in [4.69, 9.17) is 4.74 Å². The van der Waals surface area contributed by atoms with Crippen LogP contribution in [0.4, 0.5) is 10.5 Å². The van der Waals surface area contributed by atoms with E-state index in [1.165, 1.54) is 6.07 Å². The highest BCUT2D eigenvalue weighted by atomic mass is 16.5. The van der Waals surface area contributed by atoms with E-state index >= 15 is 0 Å². The summed E-state index contributed by atoms with van der Waals surface area (Å²) in [6.07, 6.45) is -0.616. The first-order valence-corrected chi connectivity index (χ1v) is 11.4. The van der Waals surface area contributed by atoms with Crippen LogP contribution in [0.25, 0.3) is 11.1 Å². The summed E-state index contributed by atoms with van der Waals surface area (Å²) < 4.78 is 5.54. The quantitative estimate of drug-likeness (QED) is 0.439. The van der Waals surface area contributed by atoms with Gasteiger partial charge in [-0.3, -0.25) is 4.79 Å². The van der Waals surface area contributed by atoms with Crippen LogP contribution in [-0.4, -0.2) is 36.2 Å². The summed E-state index contributed by atoms with van der Waals surface area (Å²) in [7, 11) is 0. The fourth-order valence-corrected chi connectivity index (χ4v) is 4.26. The number of nitrogens with one attached hydrogen (secondary N) is 2. The van der Waals surface area contributed by atoms with Gasteiger partial charge < -0.3 is 20.5 Å². The van der Waals surface area contributed by atoms with E-state index in [-0.39, 0.29) is 30.3 Å². The lowest BCUT2D eigenvalue weighted by atomic mass is 9.92. The van der Waals surface area contributed by atoms with Crippen molar-refractivity contribution in [1.82, 2.24) is 5.32 Å². The number of carbonyl (C=O) groups is 3. The van der Waals surface area contributed by atoms with Crippen molar-refractivity contribution in [2.45, 2.75) is 26.7 Å².